The van der Waals surface area contributed by atoms with Gasteiger partial charge in [0, 0.05) is 16.6 Å². The lowest BCUT2D eigenvalue weighted by atomic mass is 9.95. The van der Waals surface area contributed by atoms with E-state index in [4.69, 9.17) is 5.73 Å². The summed E-state index contributed by atoms with van der Waals surface area (Å²) in [6, 6.07) is 5.15. The average molecular weight is 386 g/mol. The minimum Gasteiger partial charge on any atom is -0.329 e. The van der Waals surface area contributed by atoms with E-state index in [2.05, 4.69) is 20.7 Å². The first kappa shape index (κ1) is 19.9. The lowest BCUT2D eigenvalue weighted by Crippen LogP contribution is -2.52. The highest BCUT2D eigenvalue weighted by atomic mass is 79.9. The Morgan fingerprint density at radius 1 is 1.30 bits per heavy atom. The van der Waals surface area contributed by atoms with Gasteiger partial charge in [0.05, 0.1) is 4.90 Å². The summed E-state index contributed by atoms with van der Waals surface area (Å²) in [5.74, 6) is 0. The maximum absolute atomic E-state index is 12.5. The minimum absolute atomic E-state index is 0. The lowest BCUT2D eigenvalue weighted by Gasteiger charge is -2.31. The molecule has 1 aromatic rings. The Labute approximate surface area is 136 Å². The Morgan fingerprint density at radius 2 is 1.85 bits per heavy atom. The number of nitrogens with two attached hydrogens (primary N) is 1. The monoisotopic (exact) mass is 384 g/mol. The molecule has 1 rings (SSSR count). The second-order valence-electron chi connectivity index (χ2n) is 4.66. The summed E-state index contributed by atoms with van der Waals surface area (Å²) in [4.78, 5) is 0.293. The second kappa shape index (κ2) is 7.75. The van der Waals surface area contributed by atoms with Crippen molar-refractivity contribution in [2.75, 3.05) is 6.54 Å². The molecule has 0 spiro atoms. The van der Waals surface area contributed by atoms with E-state index in [0.29, 0.717) is 23.3 Å². The number of nitrogens with one attached hydrogen (secondary N) is 1. The highest BCUT2D eigenvalue weighted by Gasteiger charge is 2.31. The van der Waals surface area contributed by atoms with Gasteiger partial charge in [-0.1, -0.05) is 35.8 Å². The van der Waals surface area contributed by atoms with Crippen molar-refractivity contribution in [1.82, 2.24) is 4.72 Å². The van der Waals surface area contributed by atoms with Crippen LogP contribution in [0.25, 0.3) is 0 Å². The van der Waals surface area contributed by atoms with Crippen LogP contribution in [-0.4, -0.2) is 20.5 Å². The summed E-state index contributed by atoms with van der Waals surface area (Å²) < 4.78 is 28.6. The van der Waals surface area contributed by atoms with Gasteiger partial charge in [-0.15, -0.1) is 12.4 Å². The number of sulfonamides is 1. The van der Waals surface area contributed by atoms with Crippen molar-refractivity contribution in [3.8, 4) is 0 Å². The number of hydrogen-bond donors (Lipinski definition) is 2. The van der Waals surface area contributed by atoms with Gasteiger partial charge in [0.25, 0.3) is 0 Å². The van der Waals surface area contributed by atoms with Gasteiger partial charge in [-0.2, -0.15) is 0 Å². The van der Waals surface area contributed by atoms with E-state index in [0.717, 1.165) is 4.47 Å². The van der Waals surface area contributed by atoms with Gasteiger partial charge >= 0.3 is 0 Å². The quantitative estimate of drug-likeness (QED) is 0.790. The highest BCUT2D eigenvalue weighted by Crippen LogP contribution is 2.25. The zero-order chi connectivity index (χ0) is 14.7. The van der Waals surface area contributed by atoms with E-state index in [1.165, 1.54) is 0 Å². The Morgan fingerprint density at radius 3 is 2.30 bits per heavy atom. The van der Waals surface area contributed by atoms with Gasteiger partial charge in [-0.25, -0.2) is 13.1 Å². The molecule has 116 valence electrons. The molecule has 0 atom stereocenters. The fraction of sp³-hybridized carbons (Fsp3) is 0.538. The summed E-state index contributed by atoms with van der Waals surface area (Å²) in [7, 11) is -3.57. The predicted molar refractivity (Wildman–Crippen MR) is 88.8 cm³/mol. The standard InChI is InChI=1S/C13H21BrN2O2S.ClH/c1-4-13(5-2,9-15)16-19(17,18)12-8-6-7-11(14)10(12)3;/h6-8,16H,4-5,9,15H2,1-3H3;1H. The summed E-state index contributed by atoms with van der Waals surface area (Å²) in [6.07, 6.45) is 1.32. The molecule has 0 aliphatic rings. The van der Waals surface area contributed by atoms with Crippen LogP contribution in [0, 0.1) is 6.92 Å². The van der Waals surface area contributed by atoms with E-state index in [1.807, 2.05) is 19.9 Å². The highest BCUT2D eigenvalue weighted by molar-refractivity contribution is 9.10. The molecule has 0 aromatic heterocycles. The van der Waals surface area contributed by atoms with E-state index in [-0.39, 0.29) is 19.0 Å². The topological polar surface area (TPSA) is 72.2 Å². The van der Waals surface area contributed by atoms with Gasteiger partial charge in [-0.3, -0.25) is 0 Å². The largest absolute Gasteiger partial charge is 0.329 e. The molecule has 0 unspecified atom stereocenters. The van der Waals surface area contributed by atoms with Crippen LogP contribution in [0.4, 0.5) is 0 Å². The van der Waals surface area contributed by atoms with E-state index in [9.17, 15) is 8.42 Å². The van der Waals surface area contributed by atoms with Crippen molar-refractivity contribution in [2.24, 2.45) is 5.73 Å². The first-order valence-electron chi connectivity index (χ1n) is 6.31. The molecule has 20 heavy (non-hydrogen) atoms. The Hall–Kier alpha value is -0.140. The van der Waals surface area contributed by atoms with Crippen LogP contribution in [0.1, 0.15) is 32.3 Å². The third kappa shape index (κ3) is 4.18. The van der Waals surface area contributed by atoms with Gasteiger partial charge in [0.15, 0.2) is 0 Å². The van der Waals surface area contributed by atoms with Crippen LogP contribution in [0.5, 0.6) is 0 Å². The summed E-state index contributed by atoms with van der Waals surface area (Å²) in [5.41, 5.74) is 5.87. The summed E-state index contributed by atoms with van der Waals surface area (Å²) in [6.45, 7) is 5.94. The number of rotatable bonds is 6. The molecule has 0 saturated heterocycles. The smallest absolute Gasteiger partial charge is 0.241 e. The molecule has 0 aliphatic heterocycles. The molecule has 0 amide bonds. The molecule has 7 heteroatoms. The van der Waals surface area contributed by atoms with Crippen molar-refractivity contribution >= 4 is 38.4 Å². The molecule has 0 bridgehead atoms. The van der Waals surface area contributed by atoms with Gasteiger partial charge < -0.3 is 5.73 Å². The van der Waals surface area contributed by atoms with E-state index < -0.39 is 15.6 Å². The van der Waals surface area contributed by atoms with Crippen molar-refractivity contribution in [3.05, 3.63) is 28.2 Å². The summed E-state index contributed by atoms with van der Waals surface area (Å²) in [5, 5.41) is 0. The molecule has 0 aliphatic carbocycles. The van der Waals surface area contributed by atoms with Crippen LogP contribution >= 0.6 is 28.3 Å². The van der Waals surface area contributed by atoms with Crippen LogP contribution in [0.15, 0.2) is 27.6 Å². The van der Waals surface area contributed by atoms with E-state index in [1.54, 1.807) is 19.1 Å². The van der Waals surface area contributed by atoms with Crippen LogP contribution in [-0.2, 0) is 10.0 Å². The third-order valence-corrected chi connectivity index (χ3v) is 6.18. The van der Waals surface area contributed by atoms with Gasteiger partial charge in [0.2, 0.25) is 10.0 Å². The summed E-state index contributed by atoms with van der Waals surface area (Å²) >= 11 is 3.35. The zero-order valence-corrected chi connectivity index (χ0v) is 15.2. The fourth-order valence-corrected chi connectivity index (χ4v) is 4.26. The number of benzene rings is 1. The molecule has 0 heterocycles. The Bertz CT molecular complexity index is 537. The van der Waals surface area contributed by atoms with Crippen molar-refractivity contribution < 1.29 is 8.42 Å². The van der Waals surface area contributed by atoms with Crippen molar-refractivity contribution in [1.29, 1.82) is 0 Å². The van der Waals surface area contributed by atoms with Crippen molar-refractivity contribution in [2.45, 2.75) is 44.0 Å². The van der Waals surface area contributed by atoms with Crippen LogP contribution in [0.3, 0.4) is 0 Å². The molecule has 4 nitrogen and oxygen atoms in total. The maximum atomic E-state index is 12.5. The number of hydrogen-bond acceptors (Lipinski definition) is 3. The SMILES string of the molecule is CCC(CC)(CN)NS(=O)(=O)c1cccc(Br)c1C.Cl. The molecular formula is C13H22BrClN2O2S. The van der Waals surface area contributed by atoms with Gasteiger partial charge in [0.1, 0.15) is 0 Å². The zero-order valence-electron chi connectivity index (χ0n) is 11.9. The minimum atomic E-state index is -3.57. The number of halogens is 2. The first-order chi connectivity index (χ1) is 8.82. The second-order valence-corrected chi connectivity index (χ2v) is 7.17. The molecular weight excluding hydrogens is 364 g/mol. The molecule has 0 fully saturated rings. The molecule has 3 N–H and O–H groups in total. The Balaban J connectivity index is 0.00000361. The fourth-order valence-electron chi connectivity index (χ4n) is 1.94. The first-order valence-corrected chi connectivity index (χ1v) is 8.58. The molecule has 1 aromatic carbocycles. The normalized spacial score (nSPS) is 12.1. The van der Waals surface area contributed by atoms with Crippen LogP contribution in [0.2, 0.25) is 0 Å². The lowest BCUT2D eigenvalue weighted by molar-refractivity contribution is 0.363. The van der Waals surface area contributed by atoms with Crippen molar-refractivity contribution in [3.63, 3.8) is 0 Å². The molecule has 0 radical (unpaired) electrons. The Kier molecular flexibility index (Phi) is 7.70. The predicted octanol–water partition coefficient (Wildman–Crippen LogP) is 2.98. The van der Waals surface area contributed by atoms with E-state index >= 15 is 0 Å². The maximum Gasteiger partial charge on any atom is 0.241 e. The third-order valence-electron chi connectivity index (χ3n) is 3.60. The van der Waals surface area contributed by atoms with Gasteiger partial charge in [-0.05, 0) is 37.5 Å². The molecule has 0 saturated carbocycles. The average Bonchev–Trinajstić information content (AvgIpc) is 2.39. The van der Waals surface area contributed by atoms with Crippen LogP contribution < -0.4 is 10.5 Å².